The van der Waals surface area contributed by atoms with Crippen molar-refractivity contribution in [2.75, 3.05) is 0 Å². The molecule has 0 radical (unpaired) electrons. The Morgan fingerprint density at radius 1 is 1.36 bits per heavy atom. The first-order valence-corrected chi connectivity index (χ1v) is 3.74. The summed E-state index contributed by atoms with van der Waals surface area (Å²) in [5, 5.41) is 17.1. The van der Waals surface area contributed by atoms with Gasteiger partial charge in [0.15, 0.2) is 0 Å². The zero-order valence-corrected chi connectivity index (χ0v) is 7.32. The van der Waals surface area contributed by atoms with E-state index >= 15 is 0 Å². The van der Waals surface area contributed by atoms with Gasteiger partial charge in [-0.15, -0.1) is 0 Å². The molecule has 0 amide bonds. The van der Waals surface area contributed by atoms with E-state index in [1.54, 1.807) is 0 Å². The van der Waals surface area contributed by atoms with E-state index in [1.807, 2.05) is 0 Å². The van der Waals surface area contributed by atoms with Gasteiger partial charge in [0.2, 0.25) is 0 Å². The van der Waals surface area contributed by atoms with Gasteiger partial charge in [-0.1, -0.05) is 11.6 Å². The molecule has 0 bridgehead atoms. The van der Waals surface area contributed by atoms with Crippen molar-refractivity contribution in [2.24, 2.45) is 0 Å². The topological polar surface area (TPSA) is 44.0 Å². The van der Waals surface area contributed by atoms with E-state index in [2.05, 4.69) is 0 Å². The Morgan fingerprint density at radius 3 is 2.36 bits per heavy atom. The predicted molar refractivity (Wildman–Crippen MR) is 42.8 cm³/mol. The van der Waals surface area contributed by atoms with E-state index in [9.17, 15) is 13.2 Å². The van der Waals surface area contributed by atoms with Gasteiger partial charge in [-0.25, -0.2) is 0 Å². The Balaban J connectivity index is 3.45. The Morgan fingerprint density at radius 2 is 1.93 bits per heavy atom. The second-order valence-corrected chi connectivity index (χ2v) is 2.87. The summed E-state index contributed by atoms with van der Waals surface area (Å²) in [5.74, 6) is -0.696. The van der Waals surface area contributed by atoms with Crippen LogP contribution in [0.4, 0.5) is 13.2 Å². The van der Waals surface area contributed by atoms with Crippen molar-refractivity contribution in [3.05, 3.63) is 28.3 Å². The van der Waals surface area contributed by atoms with Crippen LogP contribution >= 0.6 is 11.6 Å². The molecule has 0 heterocycles. The molecule has 74 valence electrons. The van der Waals surface area contributed by atoms with E-state index in [-0.39, 0.29) is 5.02 Å². The molecule has 0 aromatic heterocycles. The molecule has 1 aromatic rings. The Kier molecular flexibility index (Phi) is 2.58. The van der Waals surface area contributed by atoms with Crippen LogP contribution in [-0.2, 0) is 6.18 Å². The molecule has 0 saturated heterocycles. The van der Waals surface area contributed by atoms with Crippen LogP contribution < -0.4 is 0 Å². The third-order valence-corrected chi connectivity index (χ3v) is 1.82. The highest BCUT2D eigenvalue weighted by atomic mass is 35.5. The Bertz CT molecular complexity index is 408. The van der Waals surface area contributed by atoms with Crippen molar-refractivity contribution in [1.29, 1.82) is 5.26 Å². The fourth-order valence-corrected chi connectivity index (χ4v) is 1.05. The van der Waals surface area contributed by atoms with Crippen molar-refractivity contribution in [1.82, 2.24) is 0 Å². The smallest absolute Gasteiger partial charge is 0.417 e. The minimum Gasteiger partial charge on any atom is -0.506 e. The lowest BCUT2D eigenvalue weighted by molar-refractivity contribution is -0.137. The maximum Gasteiger partial charge on any atom is 0.417 e. The molecule has 1 N–H and O–H groups in total. The average molecular weight is 222 g/mol. The van der Waals surface area contributed by atoms with E-state index in [0.29, 0.717) is 6.07 Å². The molecule has 2 nitrogen and oxygen atoms in total. The molecule has 0 aliphatic carbocycles. The van der Waals surface area contributed by atoms with Crippen LogP contribution in [0.5, 0.6) is 5.75 Å². The van der Waals surface area contributed by atoms with Crippen molar-refractivity contribution in [2.45, 2.75) is 6.18 Å². The van der Waals surface area contributed by atoms with Gasteiger partial charge in [-0.2, -0.15) is 18.4 Å². The maximum atomic E-state index is 12.2. The van der Waals surface area contributed by atoms with Crippen LogP contribution in [0.25, 0.3) is 0 Å². The highest BCUT2D eigenvalue weighted by Gasteiger charge is 2.34. The minimum atomic E-state index is -4.67. The summed E-state index contributed by atoms with van der Waals surface area (Å²) in [6.45, 7) is 0. The monoisotopic (exact) mass is 221 g/mol. The van der Waals surface area contributed by atoms with Crippen molar-refractivity contribution < 1.29 is 18.3 Å². The quantitative estimate of drug-likeness (QED) is 0.732. The number of nitriles is 1. The number of nitrogens with zero attached hydrogens (tertiary/aromatic N) is 1. The second kappa shape index (κ2) is 3.39. The van der Waals surface area contributed by atoms with Gasteiger partial charge in [0.25, 0.3) is 0 Å². The van der Waals surface area contributed by atoms with Gasteiger partial charge in [-0.3, -0.25) is 0 Å². The van der Waals surface area contributed by atoms with Crippen LogP contribution in [0.3, 0.4) is 0 Å². The van der Waals surface area contributed by atoms with Crippen molar-refractivity contribution in [3.8, 4) is 11.8 Å². The molecule has 14 heavy (non-hydrogen) atoms. The largest absolute Gasteiger partial charge is 0.506 e. The van der Waals surface area contributed by atoms with Crippen LogP contribution in [0.15, 0.2) is 12.1 Å². The standard InChI is InChI=1S/C8H3ClF3NO/c9-6-1-4(3-13)5(2-7(6)14)8(10,11)12/h1-2,14H. The highest BCUT2D eigenvalue weighted by molar-refractivity contribution is 6.32. The summed E-state index contributed by atoms with van der Waals surface area (Å²) in [6, 6.07) is 2.56. The van der Waals surface area contributed by atoms with Crippen LogP contribution in [0.2, 0.25) is 5.02 Å². The number of phenolic OH excluding ortho intramolecular Hbond substituents is 1. The summed E-state index contributed by atoms with van der Waals surface area (Å²) in [6.07, 6.45) is -4.67. The molecule has 1 rings (SSSR count). The number of alkyl halides is 3. The fraction of sp³-hybridized carbons (Fsp3) is 0.125. The van der Waals surface area contributed by atoms with Crippen LogP contribution in [-0.4, -0.2) is 5.11 Å². The molecule has 0 unspecified atom stereocenters. The Labute approximate surface area is 82.1 Å². The van der Waals surface area contributed by atoms with Gasteiger partial charge >= 0.3 is 6.18 Å². The number of benzene rings is 1. The first kappa shape index (κ1) is 10.7. The molecule has 1 aromatic carbocycles. The lowest BCUT2D eigenvalue weighted by Crippen LogP contribution is -2.07. The molecule has 0 aliphatic heterocycles. The molecule has 0 aliphatic rings. The van der Waals surface area contributed by atoms with Crippen LogP contribution in [0, 0.1) is 11.3 Å². The maximum absolute atomic E-state index is 12.2. The molecule has 0 spiro atoms. The van der Waals surface area contributed by atoms with Gasteiger partial charge in [-0.05, 0) is 12.1 Å². The summed E-state index contributed by atoms with van der Waals surface area (Å²) < 4.78 is 36.7. The molecule has 0 saturated carbocycles. The first-order valence-electron chi connectivity index (χ1n) is 3.36. The molecule has 0 atom stereocenters. The number of rotatable bonds is 0. The molecular formula is C8H3ClF3NO. The lowest BCUT2D eigenvalue weighted by Gasteiger charge is -2.09. The third-order valence-electron chi connectivity index (χ3n) is 1.51. The average Bonchev–Trinajstić information content (AvgIpc) is 2.07. The number of phenols is 1. The molecule has 0 fully saturated rings. The van der Waals surface area contributed by atoms with E-state index in [0.717, 1.165) is 6.07 Å². The van der Waals surface area contributed by atoms with E-state index in [4.69, 9.17) is 22.0 Å². The SMILES string of the molecule is N#Cc1cc(Cl)c(O)cc1C(F)(F)F. The van der Waals surface area contributed by atoms with E-state index < -0.39 is 23.1 Å². The van der Waals surface area contributed by atoms with Crippen molar-refractivity contribution in [3.63, 3.8) is 0 Å². The molecule has 6 heteroatoms. The highest BCUT2D eigenvalue weighted by Crippen LogP contribution is 2.36. The summed E-state index contributed by atoms with van der Waals surface area (Å²) >= 11 is 5.35. The predicted octanol–water partition coefficient (Wildman–Crippen LogP) is 2.94. The van der Waals surface area contributed by atoms with Gasteiger partial charge in [0.1, 0.15) is 5.75 Å². The first-order chi connectivity index (χ1) is 6.36. The normalized spacial score (nSPS) is 11.1. The fourth-order valence-electron chi connectivity index (χ4n) is 0.889. The summed E-state index contributed by atoms with van der Waals surface area (Å²) in [7, 11) is 0. The third kappa shape index (κ3) is 1.91. The summed E-state index contributed by atoms with van der Waals surface area (Å²) in [5.41, 5.74) is -1.80. The molecular weight excluding hydrogens is 219 g/mol. The van der Waals surface area contributed by atoms with Crippen molar-refractivity contribution >= 4 is 11.6 Å². The van der Waals surface area contributed by atoms with Gasteiger partial charge in [0.05, 0.1) is 22.2 Å². The number of hydrogen-bond donors (Lipinski definition) is 1. The summed E-state index contributed by atoms with van der Waals surface area (Å²) in [4.78, 5) is 0. The zero-order valence-electron chi connectivity index (χ0n) is 6.56. The lowest BCUT2D eigenvalue weighted by atomic mass is 10.1. The number of hydrogen-bond acceptors (Lipinski definition) is 2. The second-order valence-electron chi connectivity index (χ2n) is 2.46. The van der Waals surface area contributed by atoms with Crippen LogP contribution in [0.1, 0.15) is 11.1 Å². The number of aromatic hydroxyl groups is 1. The minimum absolute atomic E-state index is 0.283. The Hall–Kier alpha value is -1.41. The van der Waals surface area contributed by atoms with Gasteiger partial charge < -0.3 is 5.11 Å². The van der Waals surface area contributed by atoms with E-state index in [1.165, 1.54) is 6.07 Å². The van der Waals surface area contributed by atoms with Gasteiger partial charge in [0, 0.05) is 0 Å². The zero-order chi connectivity index (χ0) is 10.9. The number of halogens is 4.